The van der Waals surface area contributed by atoms with Gasteiger partial charge in [0.15, 0.2) is 0 Å². The summed E-state index contributed by atoms with van der Waals surface area (Å²) >= 11 is 1.58. The van der Waals surface area contributed by atoms with Crippen molar-refractivity contribution in [1.82, 2.24) is 4.90 Å². The van der Waals surface area contributed by atoms with Crippen molar-refractivity contribution in [3.05, 3.63) is 53.1 Å². The molecular weight excluding hydrogens is 308 g/mol. The van der Waals surface area contributed by atoms with Crippen LogP contribution in [0.15, 0.2) is 63.0 Å². The maximum Gasteiger partial charge on any atom is 0.229 e. The lowest BCUT2D eigenvalue weighted by Gasteiger charge is -2.35. The largest absolute Gasteiger partial charge is 0.493 e. The Morgan fingerprint density at radius 1 is 1.22 bits per heavy atom. The highest BCUT2D eigenvalue weighted by atomic mass is 32.2. The number of aliphatic hydroxyl groups excluding tert-OH is 2. The monoisotopic (exact) mass is 330 g/mol. The lowest BCUT2D eigenvalue weighted by molar-refractivity contribution is 0.0287. The zero-order valence-corrected chi connectivity index (χ0v) is 14.0. The predicted octanol–water partition coefficient (Wildman–Crippen LogP) is 3.91. The average molecular weight is 330 g/mol. The lowest BCUT2D eigenvalue weighted by Crippen LogP contribution is -2.40. The summed E-state index contributed by atoms with van der Waals surface area (Å²) in [6.07, 6.45) is 6.10. The van der Waals surface area contributed by atoms with E-state index in [1.807, 2.05) is 42.2 Å². The van der Waals surface area contributed by atoms with Crippen molar-refractivity contribution in [2.45, 2.75) is 37.4 Å². The van der Waals surface area contributed by atoms with E-state index in [9.17, 15) is 10.2 Å². The molecule has 1 atom stereocenters. The topological polar surface area (TPSA) is 56.1 Å². The molecule has 0 saturated heterocycles. The third kappa shape index (κ3) is 3.62. The quantitative estimate of drug-likeness (QED) is 0.804. The minimum atomic E-state index is -1.02. The third-order valence-corrected chi connectivity index (χ3v) is 5.36. The molecule has 2 N–H and O–H groups in total. The van der Waals surface area contributed by atoms with Crippen LogP contribution in [0.5, 0.6) is 0 Å². The summed E-state index contributed by atoms with van der Waals surface area (Å²) < 4.78 is 0. The summed E-state index contributed by atoms with van der Waals surface area (Å²) in [4.78, 5) is 7.02. The Kier molecular flexibility index (Phi) is 5.08. The van der Waals surface area contributed by atoms with E-state index < -0.39 is 6.35 Å². The zero-order chi connectivity index (χ0) is 16.2. The first-order chi connectivity index (χ1) is 11.2. The van der Waals surface area contributed by atoms with Crippen LogP contribution in [0.4, 0.5) is 0 Å². The molecule has 1 aliphatic heterocycles. The molecule has 3 rings (SSSR count). The van der Waals surface area contributed by atoms with Crippen LogP contribution in [0, 0.1) is 5.92 Å². The van der Waals surface area contributed by atoms with E-state index in [4.69, 9.17) is 0 Å². The van der Waals surface area contributed by atoms with E-state index in [-0.39, 0.29) is 5.90 Å². The van der Waals surface area contributed by atoms with E-state index in [0.717, 1.165) is 34.9 Å². The van der Waals surface area contributed by atoms with Crippen molar-refractivity contribution in [3.63, 3.8) is 0 Å². The van der Waals surface area contributed by atoms with Crippen LogP contribution in [0.25, 0.3) is 0 Å². The molecule has 0 amide bonds. The van der Waals surface area contributed by atoms with Gasteiger partial charge in [-0.2, -0.15) is 4.99 Å². The molecule has 1 heterocycles. The third-order valence-electron chi connectivity index (χ3n) is 4.18. The molecule has 1 aromatic carbocycles. The minimum Gasteiger partial charge on any atom is -0.493 e. The Hall–Kier alpha value is -1.72. The predicted molar refractivity (Wildman–Crippen MR) is 94.3 cm³/mol. The van der Waals surface area contributed by atoms with Gasteiger partial charge in [-0.25, -0.2) is 0 Å². The number of thioether (sulfide) groups is 1. The number of aliphatic hydroxyl groups is 2. The molecule has 1 unspecified atom stereocenters. The van der Waals surface area contributed by atoms with Crippen LogP contribution in [0.2, 0.25) is 0 Å². The van der Waals surface area contributed by atoms with Crippen molar-refractivity contribution in [2.75, 3.05) is 6.54 Å². The number of hydrogen-bond donors (Lipinski definition) is 2. The van der Waals surface area contributed by atoms with Gasteiger partial charge in [-0.05, 0) is 37.3 Å². The summed E-state index contributed by atoms with van der Waals surface area (Å²) in [6, 6.07) is 10.0. The van der Waals surface area contributed by atoms with Gasteiger partial charge in [0.05, 0.1) is 5.03 Å². The molecular formula is C18H22N2O2S. The van der Waals surface area contributed by atoms with Crippen molar-refractivity contribution in [1.29, 1.82) is 0 Å². The van der Waals surface area contributed by atoms with E-state index in [0.29, 0.717) is 12.3 Å². The fourth-order valence-corrected chi connectivity index (χ4v) is 4.10. The number of nitrogens with zero attached hydrogens (tertiary/aromatic N) is 2. The molecule has 0 fully saturated rings. The van der Waals surface area contributed by atoms with E-state index in [1.165, 1.54) is 0 Å². The number of aliphatic imine (C=N–C) groups is 1. The summed E-state index contributed by atoms with van der Waals surface area (Å²) in [5, 5.41) is 21.4. The second-order valence-corrected chi connectivity index (χ2v) is 6.87. The molecule has 0 aromatic heterocycles. The van der Waals surface area contributed by atoms with Gasteiger partial charge in [-0.15, -0.1) is 0 Å². The van der Waals surface area contributed by atoms with Gasteiger partial charge < -0.3 is 15.1 Å². The van der Waals surface area contributed by atoms with Gasteiger partial charge in [-0.1, -0.05) is 49.0 Å². The van der Waals surface area contributed by atoms with Gasteiger partial charge >= 0.3 is 0 Å². The first-order valence-electron chi connectivity index (χ1n) is 8.02. The Balaban J connectivity index is 1.89. The molecule has 0 radical (unpaired) electrons. The van der Waals surface area contributed by atoms with Crippen LogP contribution in [0.3, 0.4) is 0 Å². The van der Waals surface area contributed by atoms with Gasteiger partial charge in [0.2, 0.25) is 12.2 Å². The first kappa shape index (κ1) is 16.1. The summed E-state index contributed by atoms with van der Waals surface area (Å²) in [6.45, 7) is 2.74. The van der Waals surface area contributed by atoms with Crippen molar-refractivity contribution >= 4 is 17.7 Å². The van der Waals surface area contributed by atoms with Crippen molar-refractivity contribution in [3.8, 4) is 0 Å². The molecule has 122 valence electrons. The Morgan fingerprint density at radius 3 is 2.57 bits per heavy atom. The highest BCUT2D eigenvalue weighted by molar-refractivity contribution is 8.03. The van der Waals surface area contributed by atoms with Gasteiger partial charge in [0.25, 0.3) is 0 Å². The maximum absolute atomic E-state index is 10.4. The molecule has 0 bridgehead atoms. The number of benzene rings is 1. The highest BCUT2D eigenvalue weighted by Gasteiger charge is 2.31. The Bertz CT molecular complexity index is 632. The van der Waals surface area contributed by atoms with Crippen LogP contribution >= 0.6 is 11.8 Å². The lowest BCUT2D eigenvalue weighted by atomic mass is 10.1. The van der Waals surface area contributed by atoms with Crippen molar-refractivity contribution in [2.24, 2.45) is 10.9 Å². The average Bonchev–Trinajstić information content (AvgIpc) is 3.05. The molecule has 1 aliphatic carbocycles. The molecule has 0 spiro atoms. The highest BCUT2D eigenvalue weighted by Crippen LogP contribution is 2.37. The van der Waals surface area contributed by atoms with E-state index in [1.54, 1.807) is 11.8 Å². The van der Waals surface area contributed by atoms with Gasteiger partial charge in [0.1, 0.15) is 0 Å². The number of rotatable bonds is 5. The molecule has 23 heavy (non-hydrogen) atoms. The molecule has 5 heteroatoms. The SMILES string of the molecule is CCC1=C(Sc2ccccc2)N(CC2CC=CC2)C(O)N=C1O. The number of allylic oxidation sites excluding steroid dienone is 2. The summed E-state index contributed by atoms with van der Waals surface area (Å²) in [5.41, 5.74) is 0.801. The van der Waals surface area contributed by atoms with Crippen molar-refractivity contribution < 1.29 is 10.2 Å². The first-order valence-corrected chi connectivity index (χ1v) is 8.83. The van der Waals surface area contributed by atoms with Crippen LogP contribution in [0.1, 0.15) is 26.2 Å². The smallest absolute Gasteiger partial charge is 0.229 e. The second-order valence-electron chi connectivity index (χ2n) is 5.81. The fraction of sp³-hybridized carbons (Fsp3) is 0.389. The van der Waals surface area contributed by atoms with Crippen LogP contribution in [-0.2, 0) is 0 Å². The molecule has 1 aromatic rings. The standard InChI is InChI=1S/C18H22N2O2S/c1-2-15-16(21)19-18(22)20(12-13-8-6-7-9-13)17(15)23-14-10-4-3-5-11-14/h3-7,10-11,13,18,22H,2,8-9,12H2,1H3,(H,19,21). The van der Waals surface area contributed by atoms with Gasteiger partial charge in [-0.3, -0.25) is 0 Å². The summed E-state index contributed by atoms with van der Waals surface area (Å²) in [7, 11) is 0. The minimum absolute atomic E-state index is 0.0424. The summed E-state index contributed by atoms with van der Waals surface area (Å²) in [5.74, 6) is 0.448. The van der Waals surface area contributed by atoms with E-state index in [2.05, 4.69) is 17.1 Å². The molecule has 4 nitrogen and oxygen atoms in total. The Labute approximate surface area is 141 Å². The van der Waals surface area contributed by atoms with Crippen LogP contribution < -0.4 is 0 Å². The second kappa shape index (κ2) is 7.23. The maximum atomic E-state index is 10.4. The van der Waals surface area contributed by atoms with Crippen LogP contribution in [-0.4, -0.2) is 33.9 Å². The Morgan fingerprint density at radius 2 is 1.91 bits per heavy atom. The normalized spacial score (nSPS) is 21.9. The zero-order valence-electron chi connectivity index (χ0n) is 13.2. The number of hydrogen-bond acceptors (Lipinski definition) is 4. The van der Waals surface area contributed by atoms with Gasteiger partial charge in [0, 0.05) is 17.0 Å². The molecule has 0 saturated carbocycles. The fourth-order valence-electron chi connectivity index (χ4n) is 2.94. The molecule has 2 aliphatic rings. The van der Waals surface area contributed by atoms with E-state index >= 15 is 0 Å².